The number of carbonyl (C=O) groups excluding carboxylic acids is 1. The maximum absolute atomic E-state index is 11.2. The van der Waals surface area contributed by atoms with Crippen molar-refractivity contribution in [2.24, 2.45) is 0 Å². The largest absolute Gasteiger partial charge is 0.461 e. The number of carbonyl (C=O) groups is 1. The van der Waals surface area contributed by atoms with Gasteiger partial charge in [-0.25, -0.2) is 9.78 Å². The first-order valence-corrected chi connectivity index (χ1v) is 4.04. The summed E-state index contributed by atoms with van der Waals surface area (Å²) in [6, 6.07) is 3.34. The van der Waals surface area contributed by atoms with Gasteiger partial charge in [0.05, 0.1) is 6.61 Å². The summed E-state index contributed by atoms with van der Waals surface area (Å²) in [5.74, 6) is -0.0963. The second-order valence-electron chi connectivity index (χ2n) is 2.68. The normalized spacial score (nSPS) is 9.69. The van der Waals surface area contributed by atoms with Gasteiger partial charge in [-0.1, -0.05) is 0 Å². The Hall–Kier alpha value is -1.58. The fraction of sp³-hybridized carbons (Fsp3) is 0.333. The minimum absolute atomic E-state index is 0.263. The highest BCUT2D eigenvalue weighted by Gasteiger charge is 2.08. The van der Waals surface area contributed by atoms with Crippen molar-refractivity contribution < 1.29 is 9.53 Å². The van der Waals surface area contributed by atoms with Gasteiger partial charge < -0.3 is 10.5 Å². The minimum atomic E-state index is -0.432. The minimum Gasteiger partial charge on any atom is -0.461 e. The highest BCUT2D eigenvalue weighted by atomic mass is 16.5. The van der Waals surface area contributed by atoms with Crippen LogP contribution in [0, 0.1) is 6.92 Å². The van der Waals surface area contributed by atoms with Crippen LogP contribution in [0.2, 0.25) is 0 Å². The number of rotatable bonds is 2. The predicted octanol–water partition coefficient (Wildman–Crippen LogP) is 1.15. The van der Waals surface area contributed by atoms with Gasteiger partial charge in [-0.05, 0) is 31.5 Å². The number of aromatic nitrogens is 1. The third kappa shape index (κ3) is 2.43. The van der Waals surface area contributed by atoms with Crippen molar-refractivity contribution in [1.82, 2.24) is 4.98 Å². The molecular weight excluding hydrogens is 168 g/mol. The fourth-order valence-electron chi connectivity index (χ4n) is 1.00. The van der Waals surface area contributed by atoms with Crippen LogP contribution < -0.4 is 5.73 Å². The van der Waals surface area contributed by atoms with Gasteiger partial charge in [0.1, 0.15) is 5.82 Å². The molecule has 0 saturated heterocycles. The zero-order valence-corrected chi connectivity index (χ0v) is 7.70. The van der Waals surface area contributed by atoms with Crippen molar-refractivity contribution in [3.63, 3.8) is 0 Å². The van der Waals surface area contributed by atoms with E-state index in [4.69, 9.17) is 10.5 Å². The molecular formula is C9H12N2O2. The zero-order valence-electron chi connectivity index (χ0n) is 7.70. The number of esters is 1. The van der Waals surface area contributed by atoms with Crippen LogP contribution in [0.15, 0.2) is 12.1 Å². The molecule has 70 valence electrons. The van der Waals surface area contributed by atoms with Gasteiger partial charge >= 0.3 is 5.97 Å². The number of aryl methyl sites for hydroxylation is 1. The Labute approximate surface area is 76.7 Å². The average molecular weight is 180 g/mol. The Kier molecular flexibility index (Phi) is 2.84. The number of ether oxygens (including phenoxy) is 1. The monoisotopic (exact) mass is 180 g/mol. The van der Waals surface area contributed by atoms with Crippen LogP contribution in [0.5, 0.6) is 0 Å². The van der Waals surface area contributed by atoms with Crippen molar-refractivity contribution in [2.45, 2.75) is 13.8 Å². The first kappa shape index (κ1) is 9.51. The quantitative estimate of drug-likeness (QED) is 0.693. The Morgan fingerprint density at radius 3 is 2.85 bits per heavy atom. The van der Waals surface area contributed by atoms with Crippen LogP contribution in [0.3, 0.4) is 0 Å². The van der Waals surface area contributed by atoms with Gasteiger partial charge in [0.15, 0.2) is 5.69 Å². The molecule has 0 saturated carbocycles. The summed E-state index contributed by atoms with van der Waals surface area (Å²) in [6.45, 7) is 3.94. The molecule has 0 unspecified atom stereocenters. The molecule has 0 atom stereocenters. The Balaban J connectivity index is 2.94. The average Bonchev–Trinajstić information content (AvgIpc) is 2.03. The Morgan fingerprint density at radius 1 is 1.62 bits per heavy atom. The van der Waals surface area contributed by atoms with Crippen molar-refractivity contribution >= 4 is 11.8 Å². The molecule has 1 aromatic heterocycles. The number of nitrogen functional groups attached to an aromatic ring is 1. The molecule has 0 fully saturated rings. The summed E-state index contributed by atoms with van der Waals surface area (Å²) in [5.41, 5.74) is 6.64. The van der Waals surface area contributed by atoms with Crippen LogP contribution in [0.4, 0.5) is 5.82 Å². The molecule has 0 amide bonds. The van der Waals surface area contributed by atoms with Gasteiger partial charge in [0.2, 0.25) is 0 Å². The lowest BCUT2D eigenvalue weighted by Gasteiger charge is -2.02. The van der Waals surface area contributed by atoms with E-state index in [1.807, 2.05) is 6.92 Å². The van der Waals surface area contributed by atoms with Crippen LogP contribution in [-0.4, -0.2) is 17.6 Å². The first-order valence-electron chi connectivity index (χ1n) is 4.04. The molecule has 1 aromatic rings. The lowest BCUT2D eigenvalue weighted by Crippen LogP contribution is -2.08. The van der Waals surface area contributed by atoms with E-state index in [1.54, 1.807) is 19.1 Å². The predicted molar refractivity (Wildman–Crippen MR) is 49.3 cm³/mol. The molecule has 4 heteroatoms. The van der Waals surface area contributed by atoms with E-state index in [0.717, 1.165) is 5.56 Å². The summed E-state index contributed by atoms with van der Waals surface area (Å²) in [4.78, 5) is 15.1. The van der Waals surface area contributed by atoms with Crippen LogP contribution in [-0.2, 0) is 4.74 Å². The Bertz CT molecular complexity index is 303. The zero-order chi connectivity index (χ0) is 9.84. The number of nitrogens with zero attached hydrogens (tertiary/aromatic N) is 1. The molecule has 0 aliphatic heterocycles. The molecule has 0 radical (unpaired) electrons. The lowest BCUT2D eigenvalue weighted by atomic mass is 10.2. The molecule has 0 aliphatic carbocycles. The van der Waals surface area contributed by atoms with E-state index in [-0.39, 0.29) is 5.69 Å². The summed E-state index contributed by atoms with van der Waals surface area (Å²) in [7, 11) is 0. The van der Waals surface area contributed by atoms with E-state index in [9.17, 15) is 4.79 Å². The molecule has 0 aromatic carbocycles. The summed E-state index contributed by atoms with van der Waals surface area (Å²) in [5, 5.41) is 0. The summed E-state index contributed by atoms with van der Waals surface area (Å²) in [6.07, 6.45) is 0. The molecule has 0 spiro atoms. The highest BCUT2D eigenvalue weighted by molar-refractivity contribution is 5.87. The third-order valence-electron chi connectivity index (χ3n) is 1.47. The molecule has 2 N–H and O–H groups in total. The standard InChI is InChI=1S/C9H12N2O2/c1-3-13-9(12)7-4-6(2)5-8(10)11-7/h4-5H,3H2,1-2H3,(H2,10,11). The number of hydrogen-bond acceptors (Lipinski definition) is 4. The van der Waals surface area contributed by atoms with E-state index in [1.165, 1.54) is 0 Å². The third-order valence-corrected chi connectivity index (χ3v) is 1.47. The maximum atomic E-state index is 11.2. The smallest absolute Gasteiger partial charge is 0.357 e. The molecule has 1 rings (SSSR count). The number of nitrogens with two attached hydrogens (primary N) is 1. The van der Waals surface area contributed by atoms with Crippen molar-refractivity contribution in [1.29, 1.82) is 0 Å². The van der Waals surface area contributed by atoms with Crippen LogP contribution in [0.1, 0.15) is 23.0 Å². The maximum Gasteiger partial charge on any atom is 0.357 e. The van der Waals surface area contributed by atoms with Crippen LogP contribution >= 0.6 is 0 Å². The second kappa shape index (κ2) is 3.89. The van der Waals surface area contributed by atoms with E-state index < -0.39 is 5.97 Å². The topological polar surface area (TPSA) is 65.2 Å². The van der Waals surface area contributed by atoms with Crippen molar-refractivity contribution in [2.75, 3.05) is 12.3 Å². The lowest BCUT2D eigenvalue weighted by molar-refractivity contribution is 0.0519. The fourth-order valence-corrected chi connectivity index (χ4v) is 1.00. The van der Waals surface area contributed by atoms with E-state index >= 15 is 0 Å². The molecule has 4 nitrogen and oxygen atoms in total. The van der Waals surface area contributed by atoms with Gasteiger partial charge in [-0.15, -0.1) is 0 Å². The van der Waals surface area contributed by atoms with Gasteiger partial charge in [0.25, 0.3) is 0 Å². The second-order valence-corrected chi connectivity index (χ2v) is 2.68. The van der Waals surface area contributed by atoms with Crippen molar-refractivity contribution in [3.8, 4) is 0 Å². The van der Waals surface area contributed by atoms with Gasteiger partial charge in [-0.3, -0.25) is 0 Å². The number of hydrogen-bond donors (Lipinski definition) is 1. The van der Waals surface area contributed by atoms with Gasteiger partial charge in [0, 0.05) is 0 Å². The highest BCUT2D eigenvalue weighted by Crippen LogP contribution is 2.07. The molecule has 0 aliphatic rings. The number of anilines is 1. The number of pyridine rings is 1. The van der Waals surface area contributed by atoms with Gasteiger partial charge in [-0.2, -0.15) is 0 Å². The first-order chi connectivity index (χ1) is 6.13. The Morgan fingerprint density at radius 2 is 2.31 bits per heavy atom. The van der Waals surface area contributed by atoms with E-state index in [2.05, 4.69) is 4.98 Å². The molecule has 1 heterocycles. The molecule has 13 heavy (non-hydrogen) atoms. The molecule has 0 bridgehead atoms. The summed E-state index contributed by atoms with van der Waals surface area (Å²) < 4.78 is 4.78. The summed E-state index contributed by atoms with van der Waals surface area (Å²) >= 11 is 0. The van der Waals surface area contributed by atoms with Crippen molar-refractivity contribution in [3.05, 3.63) is 23.4 Å². The SMILES string of the molecule is CCOC(=O)c1cc(C)cc(N)n1. The van der Waals surface area contributed by atoms with E-state index in [0.29, 0.717) is 12.4 Å². The van der Waals surface area contributed by atoms with Crippen LogP contribution in [0.25, 0.3) is 0 Å².